The Labute approximate surface area is 102 Å². The van der Waals surface area contributed by atoms with Gasteiger partial charge in [0, 0.05) is 12.6 Å². The highest BCUT2D eigenvalue weighted by atomic mass is 16.5. The zero-order chi connectivity index (χ0) is 12.3. The lowest BCUT2D eigenvalue weighted by atomic mass is 9.94. The fourth-order valence-corrected chi connectivity index (χ4v) is 2.16. The number of nitrogens with two attached hydrogens (primary N) is 1. The molecule has 1 aromatic rings. The largest absolute Gasteiger partial charge is 0.375 e. The van der Waals surface area contributed by atoms with Crippen LogP contribution in [0.15, 0.2) is 18.2 Å². The van der Waals surface area contributed by atoms with Crippen LogP contribution in [-0.2, 0) is 4.74 Å². The van der Waals surface area contributed by atoms with Crippen LogP contribution in [0.1, 0.15) is 26.7 Å². The highest BCUT2D eigenvalue weighted by molar-refractivity contribution is 5.44. The summed E-state index contributed by atoms with van der Waals surface area (Å²) in [6.45, 7) is 5.03. The highest BCUT2D eigenvalue weighted by Crippen LogP contribution is 2.26. The number of pyridine rings is 1. The molecule has 1 aliphatic rings. The summed E-state index contributed by atoms with van der Waals surface area (Å²) in [4.78, 5) is 4.35. The monoisotopic (exact) mass is 236 g/mol. The van der Waals surface area contributed by atoms with Gasteiger partial charge in [-0.15, -0.1) is 0 Å². The molecule has 94 valence electrons. The maximum absolute atomic E-state index is 5.69. The van der Waals surface area contributed by atoms with Crippen molar-refractivity contribution in [1.82, 2.24) is 4.98 Å². The molecule has 17 heavy (non-hydrogen) atoms. The van der Waals surface area contributed by atoms with E-state index in [-0.39, 0.29) is 5.60 Å². The third-order valence-electron chi connectivity index (χ3n) is 2.95. The molecule has 1 aromatic heterocycles. The van der Waals surface area contributed by atoms with Crippen molar-refractivity contribution in [2.45, 2.75) is 38.3 Å². The van der Waals surface area contributed by atoms with Crippen LogP contribution in [0.5, 0.6) is 0 Å². The molecular weight excluding hydrogens is 216 g/mol. The van der Waals surface area contributed by atoms with Gasteiger partial charge in [0.15, 0.2) is 0 Å². The molecule has 0 spiro atoms. The Bertz CT molecular complexity index is 381. The van der Waals surface area contributed by atoms with Crippen LogP contribution in [0, 0.1) is 0 Å². The van der Waals surface area contributed by atoms with E-state index in [2.05, 4.69) is 29.6 Å². The lowest BCUT2D eigenvalue weighted by molar-refractivity contribution is -0.0553. The zero-order valence-corrected chi connectivity index (χ0v) is 10.4. The zero-order valence-electron chi connectivity index (χ0n) is 10.4. The molecule has 5 nitrogen and oxygen atoms in total. The lowest BCUT2D eigenvalue weighted by Gasteiger charge is -2.36. The van der Waals surface area contributed by atoms with Gasteiger partial charge in [-0.1, -0.05) is 6.07 Å². The Morgan fingerprint density at radius 1 is 1.41 bits per heavy atom. The molecule has 5 heteroatoms. The molecule has 1 saturated heterocycles. The number of nitrogen functional groups attached to an aromatic ring is 1. The van der Waals surface area contributed by atoms with Crippen LogP contribution in [0.4, 0.5) is 11.6 Å². The van der Waals surface area contributed by atoms with E-state index in [9.17, 15) is 0 Å². The summed E-state index contributed by atoms with van der Waals surface area (Å²) in [6.07, 6.45) is 1.99. The van der Waals surface area contributed by atoms with Crippen molar-refractivity contribution in [3.63, 3.8) is 0 Å². The number of ether oxygens (including phenoxy) is 1. The quantitative estimate of drug-likeness (QED) is 0.550. The Kier molecular flexibility index (Phi) is 3.49. The molecule has 1 unspecified atom stereocenters. The molecule has 2 rings (SSSR count). The van der Waals surface area contributed by atoms with E-state index in [4.69, 9.17) is 10.6 Å². The summed E-state index contributed by atoms with van der Waals surface area (Å²) in [7, 11) is 0. The average molecular weight is 236 g/mol. The molecule has 1 fully saturated rings. The topological polar surface area (TPSA) is 72.2 Å². The first-order chi connectivity index (χ1) is 8.09. The maximum Gasteiger partial charge on any atom is 0.142 e. The molecule has 1 atom stereocenters. The Hall–Kier alpha value is -1.33. The Morgan fingerprint density at radius 2 is 2.18 bits per heavy atom. The summed E-state index contributed by atoms with van der Waals surface area (Å²) in [5.74, 6) is 6.85. The van der Waals surface area contributed by atoms with Gasteiger partial charge in [0.25, 0.3) is 0 Å². The summed E-state index contributed by atoms with van der Waals surface area (Å²) in [5, 5.41) is 3.42. The number of aromatic nitrogens is 1. The van der Waals surface area contributed by atoms with Gasteiger partial charge in [-0.05, 0) is 38.8 Å². The minimum Gasteiger partial charge on any atom is -0.375 e. The molecule has 4 N–H and O–H groups in total. The van der Waals surface area contributed by atoms with Crippen molar-refractivity contribution in [3.05, 3.63) is 18.2 Å². The number of hydrogen-bond donors (Lipinski definition) is 3. The van der Waals surface area contributed by atoms with Gasteiger partial charge in [-0.2, -0.15) is 0 Å². The number of hydrogen-bond acceptors (Lipinski definition) is 5. The standard InChI is InChI=1S/C12H20N4O/c1-12(2)8-9(6-7-17-12)14-10-4-3-5-11(15-10)16-13/h3-5,9H,6-8,13H2,1-2H3,(H2,14,15,16). The van der Waals surface area contributed by atoms with Gasteiger partial charge in [0.05, 0.1) is 5.60 Å². The number of anilines is 2. The number of nitrogens with zero attached hydrogens (tertiary/aromatic N) is 1. The fraction of sp³-hybridized carbons (Fsp3) is 0.583. The number of nitrogens with one attached hydrogen (secondary N) is 2. The second-order valence-corrected chi connectivity index (χ2v) is 4.99. The molecule has 0 bridgehead atoms. The number of hydrazine groups is 1. The fourth-order valence-electron chi connectivity index (χ4n) is 2.16. The van der Waals surface area contributed by atoms with Gasteiger partial charge in [0.2, 0.25) is 0 Å². The molecule has 1 aliphatic heterocycles. The van der Waals surface area contributed by atoms with E-state index in [1.807, 2.05) is 18.2 Å². The molecule has 0 aliphatic carbocycles. The van der Waals surface area contributed by atoms with Crippen LogP contribution in [0.2, 0.25) is 0 Å². The van der Waals surface area contributed by atoms with Crippen LogP contribution < -0.4 is 16.6 Å². The normalized spacial score (nSPS) is 23.1. The van der Waals surface area contributed by atoms with Crippen molar-refractivity contribution in [2.75, 3.05) is 17.3 Å². The van der Waals surface area contributed by atoms with E-state index < -0.39 is 0 Å². The van der Waals surface area contributed by atoms with E-state index in [0.717, 1.165) is 25.3 Å². The summed E-state index contributed by atoms with van der Waals surface area (Å²) in [6, 6.07) is 6.11. The molecule has 0 amide bonds. The predicted octanol–water partition coefficient (Wildman–Crippen LogP) is 1.74. The van der Waals surface area contributed by atoms with Crippen molar-refractivity contribution in [3.8, 4) is 0 Å². The first-order valence-electron chi connectivity index (χ1n) is 5.93. The summed E-state index contributed by atoms with van der Waals surface area (Å²) >= 11 is 0. The van der Waals surface area contributed by atoms with Crippen molar-refractivity contribution in [1.29, 1.82) is 0 Å². The van der Waals surface area contributed by atoms with Crippen LogP contribution in [0.3, 0.4) is 0 Å². The van der Waals surface area contributed by atoms with E-state index >= 15 is 0 Å². The third kappa shape index (κ3) is 3.31. The smallest absolute Gasteiger partial charge is 0.142 e. The molecule has 0 saturated carbocycles. The van der Waals surface area contributed by atoms with E-state index in [1.54, 1.807) is 0 Å². The predicted molar refractivity (Wildman–Crippen MR) is 68.7 cm³/mol. The minimum absolute atomic E-state index is 0.0559. The second kappa shape index (κ2) is 4.89. The van der Waals surface area contributed by atoms with E-state index in [1.165, 1.54) is 0 Å². The van der Waals surface area contributed by atoms with Gasteiger partial charge in [-0.3, -0.25) is 0 Å². The Morgan fingerprint density at radius 3 is 2.88 bits per heavy atom. The first-order valence-corrected chi connectivity index (χ1v) is 5.93. The maximum atomic E-state index is 5.69. The van der Waals surface area contributed by atoms with Crippen molar-refractivity contribution < 1.29 is 4.74 Å². The Balaban J connectivity index is 2.00. The van der Waals surface area contributed by atoms with Crippen LogP contribution in [-0.4, -0.2) is 23.2 Å². The van der Waals surface area contributed by atoms with E-state index in [0.29, 0.717) is 11.9 Å². The van der Waals surface area contributed by atoms with Crippen molar-refractivity contribution in [2.24, 2.45) is 5.84 Å². The lowest BCUT2D eigenvalue weighted by Crippen LogP contribution is -2.40. The SMILES string of the molecule is CC1(C)CC(Nc2cccc(NN)n2)CCO1. The van der Waals surface area contributed by atoms with Gasteiger partial charge >= 0.3 is 0 Å². The third-order valence-corrected chi connectivity index (χ3v) is 2.95. The van der Waals surface area contributed by atoms with Gasteiger partial charge in [-0.25, -0.2) is 10.8 Å². The summed E-state index contributed by atoms with van der Waals surface area (Å²) < 4.78 is 5.69. The van der Waals surface area contributed by atoms with Gasteiger partial charge in [0.1, 0.15) is 11.6 Å². The van der Waals surface area contributed by atoms with Crippen LogP contribution in [0.25, 0.3) is 0 Å². The molecule has 0 aromatic carbocycles. The van der Waals surface area contributed by atoms with Crippen LogP contribution >= 0.6 is 0 Å². The average Bonchev–Trinajstić information content (AvgIpc) is 2.28. The molecule has 2 heterocycles. The molecule has 0 radical (unpaired) electrons. The second-order valence-electron chi connectivity index (χ2n) is 4.99. The number of rotatable bonds is 3. The molecular formula is C12H20N4O. The summed E-state index contributed by atoms with van der Waals surface area (Å²) in [5.41, 5.74) is 2.49. The minimum atomic E-state index is -0.0559. The van der Waals surface area contributed by atoms with Crippen molar-refractivity contribution >= 4 is 11.6 Å². The first kappa shape index (κ1) is 12.1. The highest BCUT2D eigenvalue weighted by Gasteiger charge is 2.28. The van der Waals surface area contributed by atoms with Gasteiger partial charge < -0.3 is 15.5 Å².